The van der Waals surface area contributed by atoms with Crippen LogP contribution in [-0.2, 0) is 4.79 Å². The molecule has 0 aliphatic carbocycles. The Morgan fingerprint density at radius 1 is 1.37 bits per heavy atom. The van der Waals surface area contributed by atoms with Gasteiger partial charge in [0.2, 0.25) is 0 Å². The second-order valence-electron chi connectivity index (χ2n) is 4.45. The lowest BCUT2D eigenvalue weighted by Gasteiger charge is -2.22. The highest BCUT2D eigenvalue weighted by Gasteiger charge is 2.26. The highest BCUT2D eigenvalue weighted by Crippen LogP contribution is 2.19. The van der Waals surface area contributed by atoms with Gasteiger partial charge in [-0.15, -0.1) is 0 Å². The van der Waals surface area contributed by atoms with E-state index < -0.39 is 17.9 Å². The third-order valence-corrected chi connectivity index (χ3v) is 2.59. The molecule has 0 spiro atoms. The molecule has 19 heavy (non-hydrogen) atoms. The monoisotopic (exact) mass is 266 g/mol. The first kappa shape index (κ1) is 14.9. The van der Waals surface area contributed by atoms with Crippen molar-refractivity contribution < 1.29 is 19.4 Å². The molecule has 104 valence electrons. The molecule has 1 aromatic heterocycles. The smallest absolute Gasteiger partial charge is 0.326 e. The van der Waals surface area contributed by atoms with Crippen molar-refractivity contribution in [2.45, 2.75) is 32.9 Å². The quantitative estimate of drug-likeness (QED) is 0.871. The first-order chi connectivity index (χ1) is 8.84. The molecule has 1 atom stereocenters. The van der Waals surface area contributed by atoms with Gasteiger partial charge in [0.1, 0.15) is 6.04 Å². The number of rotatable bonds is 5. The van der Waals surface area contributed by atoms with Gasteiger partial charge in [0.15, 0.2) is 11.4 Å². The SMILES string of the molecule is CC(C)Oc1cccnc1C(=O)N(C)C(C)C(=O)O. The molecule has 1 aromatic rings. The van der Waals surface area contributed by atoms with E-state index >= 15 is 0 Å². The van der Waals surface area contributed by atoms with Crippen LogP contribution in [0.25, 0.3) is 0 Å². The van der Waals surface area contributed by atoms with E-state index in [1.165, 1.54) is 20.2 Å². The van der Waals surface area contributed by atoms with Gasteiger partial charge in [-0.1, -0.05) is 0 Å². The van der Waals surface area contributed by atoms with Crippen LogP contribution in [0.2, 0.25) is 0 Å². The van der Waals surface area contributed by atoms with E-state index in [4.69, 9.17) is 9.84 Å². The molecule has 1 amide bonds. The van der Waals surface area contributed by atoms with Crippen LogP contribution in [0.15, 0.2) is 18.3 Å². The van der Waals surface area contributed by atoms with Crippen LogP contribution in [0.5, 0.6) is 5.75 Å². The van der Waals surface area contributed by atoms with Crippen LogP contribution in [-0.4, -0.2) is 46.1 Å². The number of aromatic nitrogens is 1. The molecule has 0 radical (unpaired) electrons. The number of nitrogens with zero attached hydrogens (tertiary/aromatic N) is 2. The van der Waals surface area contributed by atoms with Crippen molar-refractivity contribution in [3.8, 4) is 5.75 Å². The van der Waals surface area contributed by atoms with Crippen molar-refractivity contribution in [1.29, 1.82) is 0 Å². The Hall–Kier alpha value is -2.11. The number of likely N-dealkylation sites (N-methyl/N-ethyl adjacent to an activating group) is 1. The lowest BCUT2D eigenvalue weighted by atomic mass is 10.2. The summed E-state index contributed by atoms with van der Waals surface area (Å²) in [5.41, 5.74) is 0.117. The van der Waals surface area contributed by atoms with Gasteiger partial charge in [0.25, 0.3) is 5.91 Å². The summed E-state index contributed by atoms with van der Waals surface area (Å²) in [7, 11) is 1.43. The van der Waals surface area contributed by atoms with E-state index in [0.717, 1.165) is 4.90 Å². The third-order valence-electron chi connectivity index (χ3n) is 2.59. The van der Waals surface area contributed by atoms with Crippen molar-refractivity contribution >= 4 is 11.9 Å². The summed E-state index contributed by atoms with van der Waals surface area (Å²) < 4.78 is 5.50. The minimum atomic E-state index is -1.07. The Kier molecular flexibility index (Phi) is 4.86. The molecule has 1 heterocycles. The molecule has 0 aliphatic rings. The van der Waals surface area contributed by atoms with Crippen LogP contribution < -0.4 is 4.74 Å². The highest BCUT2D eigenvalue weighted by atomic mass is 16.5. The number of aliphatic carboxylic acids is 1. The Morgan fingerprint density at radius 3 is 2.53 bits per heavy atom. The number of carboxylic acid groups (broad SMARTS) is 1. The predicted molar refractivity (Wildman–Crippen MR) is 69.2 cm³/mol. The second kappa shape index (κ2) is 6.17. The van der Waals surface area contributed by atoms with Gasteiger partial charge in [0.05, 0.1) is 6.10 Å². The Bertz CT molecular complexity index is 473. The normalized spacial score (nSPS) is 12.1. The molecule has 0 aliphatic heterocycles. The van der Waals surface area contributed by atoms with Crippen LogP contribution in [0.1, 0.15) is 31.3 Å². The summed E-state index contributed by atoms with van der Waals surface area (Å²) >= 11 is 0. The number of amides is 1. The Balaban J connectivity index is 3.02. The molecular formula is C13H18N2O4. The minimum absolute atomic E-state index is 0.0991. The fourth-order valence-corrected chi connectivity index (χ4v) is 1.41. The second-order valence-corrected chi connectivity index (χ2v) is 4.45. The summed E-state index contributed by atoms with van der Waals surface area (Å²) in [6, 6.07) is 2.37. The van der Waals surface area contributed by atoms with Gasteiger partial charge in [-0.2, -0.15) is 0 Å². The van der Waals surface area contributed by atoms with Crippen LogP contribution in [0, 0.1) is 0 Å². The number of hydrogen-bond donors (Lipinski definition) is 1. The Labute approximate surface area is 112 Å². The van der Waals surface area contributed by atoms with Crippen molar-refractivity contribution in [3.63, 3.8) is 0 Å². The molecule has 0 fully saturated rings. The number of ether oxygens (including phenoxy) is 1. The molecular weight excluding hydrogens is 248 g/mol. The zero-order valence-electron chi connectivity index (χ0n) is 11.5. The lowest BCUT2D eigenvalue weighted by molar-refractivity contribution is -0.141. The maximum Gasteiger partial charge on any atom is 0.326 e. The van der Waals surface area contributed by atoms with Gasteiger partial charge in [-0.3, -0.25) is 4.79 Å². The average Bonchev–Trinajstić information content (AvgIpc) is 2.36. The number of hydrogen-bond acceptors (Lipinski definition) is 4. The summed E-state index contributed by atoms with van der Waals surface area (Å²) in [6.07, 6.45) is 1.37. The van der Waals surface area contributed by atoms with E-state index in [2.05, 4.69) is 4.98 Å². The van der Waals surface area contributed by atoms with Crippen molar-refractivity contribution in [3.05, 3.63) is 24.0 Å². The largest absolute Gasteiger partial charge is 0.489 e. The molecule has 0 saturated carbocycles. The third kappa shape index (κ3) is 3.67. The molecule has 0 saturated heterocycles. The maximum absolute atomic E-state index is 12.2. The van der Waals surface area contributed by atoms with Crippen molar-refractivity contribution in [1.82, 2.24) is 9.88 Å². The highest BCUT2D eigenvalue weighted by molar-refractivity contribution is 5.96. The maximum atomic E-state index is 12.2. The van der Waals surface area contributed by atoms with Crippen LogP contribution >= 0.6 is 0 Å². The van der Waals surface area contributed by atoms with Gasteiger partial charge in [-0.05, 0) is 32.9 Å². The molecule has 6 heteroatoms. The summed E-state index contributed by atoms with van der Waals surface area (Å²) in [5.74, 6) is -1.20. The summed E-state index contributed by atoms with van der Waals surface area (Å²) in [4.78, 5) is 28.2. The van der Waals surface area contributed by atoms with E-state index in [9.17, 15) is 9.59 Å². The number of carbonyl (C=O) groups is 2. The number of carbonyl (C=O) groups excluding carboxylic acids is 1. The summed E-state index contributed by atoms with van der Waals surface area (Å²) in [6.45, 7) is 5.11. The van der Waals surface area contributed by atoms with Crippen LogP contribution in [0.4, 0.5) is 0 Å². The lowest BCUT2D eigenvalue weighted by Crippen LogP contribution is -2.40. The van der Waals surface area contributed by atoms with Gasteiger partial charge in [0, 0.05) is 13.2 Å². The summed E-state index contributed by atoms with van der Waals surface area (Å²) in [5, 5.41) is 8.92. The number of carboxylic acids is 1. The predicted octanol–water partition coefficient (Wildman–Crippen LogP) is 1.41. The first-order valence-corrected chi connectivity index (χ1v) is 5.96. The molecule has 1 rings (SSSR count). The fourth-order valence-electron chi connectivity index (χ4n) is 1.41. The zero-order valence-corrected chi connectivity index (χ0v) is 11.5. The molecule has 1 unspecified atom stereocenters. The van der Waals surface area contributed by atoms with Gasteiger partial charge >= 0.3 is 5.97 Å². The number of pyridine rings is 1. The minimum Gasteiger partial charge on any atom is -0.489 e. The molecule has 0 aromatic carbocycles. The van der Waals surface area contributed by atoms with E-state index in [1.54, 1.807) is 12.1 Å². The van der Waals surface area contributed by atoms with Crippen LogP contribution in [0.3, 0.4) is 0 Å². The molecule has 6 nitrogen and oxygen atoms in total. The van der Waals surface area contributed by atoms with E-state index in [-0.39, 0.29) is 11.8 Å². The topological polar surface area (TPSA) is 79.7 Å². The average molecular weight is 266 g/mol. The van der Waals surface area contributed by atoms with Crippen molar-refractivity contribution in [2.24, 2.45) is 0 Å². The van der Waals surface area contributed by atoms with Gasteiger partial charge in [-0.25, -0.2) is 9.78 Å². The molecule has 0 bridgehead atoms. The Morgan fingerprint density at radius 2 is 2.00 bits per heavy atom. The van der Waals surface area contributed by atoms with E-state index in [1.807, 2.05) is 13.8 Å². The molecule has 1 N–H and O–H groups in total. The van der Waals surface area contributed by atoms with Crippen molar-refractivity contribution in [2.75, 3.05) is 7.05 Å². The fraction of sp³-hybridized carbons (Fsp3) is 0.462. The standard InChI is InChI=1S/C13H18N2O4/c1-8(2)19-10-6-5-7-14-11(10)12(16)15(4)9(3)13(17)18/h5-9H,1-4H3,(H,17,18). The van der Waals surface area contributed by atoms with E-state index in [0.29, 0.717) is 5.75 Å². The van der Waals surface area contributed by atoms with Gasteiger partial charge < -0.3 is 14.7 Å². The first-order valence-electron chi connectivity index (χ1n) is 5.96. The zero-order chi connectivity index (χ0) is 14.6.